The zero-order valence-electron chi connectivity index (χ0n) is 52.4. The van der Waals surface area contributed by atoms with Gasteiger partial charge in [-0.3, -0.25) is 10.0 Å². The van der Waals surface area contributed by atoms with Crippen LogP contribution in [0, 0.1) is 0 Å². The second kappa shape index (κ2) is 21.6. The minimum absolute atomic E-state index is 0.178. The van der Waals surface area contributed by atoms with Gasteiger partial charge in [0.1, 0.15) is 28.6 Å². The first-order chi connectivity index (χ1) is 45.1. The van der Waals surface area contributed by atoms with Crippen LogP contribution in [-0.2, 0) is 16.2 Å². The first-order valence-electron chi connectivity index (χ1n) is 31.5. The Morgan fingerprint density at radius 2 is 0.591 bits per heavy atom. The highest BCUT2D eigenvalue weighted by atomic mass is 16.5. The van der Waals surface area contributed by atoms with Gasteiger partial charge in [0.05, 0.1) is 34.1 Å². The fourth-order valence-corrected chi connectivity index (χ4v) is 14.6. The molecule has 4 aliphatic rings. The number of nitrogens with zero attached hydrogens (tertiary/aromatic N) is 6. The molecule has 0 bridgehead atoms. The van der Waals surface area contributed by atoms with Crippen molar-refractivity contribution in [2.45, 2.75) is 57.8 Å². The lowest BCUT2D eigenvalue weighted by Crippen LogP contribution is -2.54. The number of hydrogen-bond acceptors (Lipinski definition) is 12. The fraction of sp³-hybridized carbons (Fsp3) is 0.111. The predicted molar refractivity (Wildman–Crippen MR) is 377 cm³/mol. The van der Waals surface area contributed by atoms with Gasteiger partial charge in [0.2, 0.25) is 0 Å². The average molecular weight is 1220 g/mol. The van der Waals surface area contributed by atoms with Crippen molar-refractivity contribution >= 4 is 91.0 Å². The number of ether oxygens (including phenoxy) is 1. The molecule has 0 amide bonds. The van der Waals surface area contributed by atoms with Gasteiger partial charge in [0.25, 0.3) is 0 Å². The van der Waals surface area contributed by atoms with E-state index in [9.17, 15) is 15.3 Å². The van der Waals surface area contributed by atoms with Crippen molar-refractivity contribution in [1.29, 1.82) is 0 Å². The van der Waals surface area contributed by atoms with E-state index in [0.717, 1.165) is 113 Å². The number of nitrogens with one attached hydrogen (secondary N) is 2. The summed E-state index contributed by atoms with van der Waals surface area (Å²) in [5, 5.41) is 36.8. The average Bonchev–Trinajstić information content (AvgIpc) is 0.724. The van der Waals surface area contributed by atoms with Crippen LogP contribution in [-0.4, -0.2) is 15.3 Å². The molecular formula is C81H68N8O4. The van der Waals surface area contributed by atoms with Gasteiger partial charge in [-0.15, -0.1) is 11.1 Å². The quantitative estimate of drug-likeness (QED) is 0.0795. The highest BCUT2D eigenvalue weighted by Gasteiger charge is 2.43. The number of aromatic hydroxyl groups is 3. The Morgan fingerprint density at radius 3 is 1.02 bits per heavy atom. The first-order valence-corrected chi connectivity index (χ1v) is 31.5. The summed E-state index contributed by atoms with van der Waals surface area (Å²) in [7, 11) is 0. The first kappa shape index (κ1) is 56.8. The molecule has 4 aliphatic heterocycles. The maximum Gasteiger partial charge on any atom is 0.154 e. The number of phenols is 3. The summed E-state index contributed by atoms with van der Waals surface area (Å²) >= 11 is 0. The Kier molecular flexibility index (Phi) is 13.2. The molecule has 12 nitrogen and oxygen atoms in total. The number of fused-ring (bicyclic) bond motifs is 8. The van der Waals surface area contributed by atoms with Crippen molar-refractivity contribution in [3.63, 3.8) is 0 Å². The molecule has 16 rings (SSSR count). The van der Waals surface area contributed by atoms with Crippen LogP contribution in [0.2, 0.25) is 0 Å². The molecule has 5 N–H and O–H groups in total. The van der Waals surface area contributed by atoms with Crippen molar-refractivity contribution in [2.24, 2.45) is 0 Å². The second-order valence-corrected chi connectivity index (χ2v) is 25.9. The molecule has 456 valence electrons. The normalized spacial score (nSPS) is 14.8. The smallest absolute Gasteiger partial charge is 0.154 e. The number of para-hydroxylation sites is 5. The number of benzene rings is 12. The fourth-order valence-electron chi connectivity index (χ4n) is 14.6. The van der Waals surface area contributed by atoms with Crippen LogP contribution >= 0.6 is 0 Å². The standard InChI is InChI=1S/C81H68N8O4/c1-79(2)63-26-16-18-28-69(63)86(70-29-19-17-27-64(70)79)56-32-40-73-65(46-56)80(3,4)66-47-57(87-71-44-38-61(91)50-67(71)81(5,6)68-51-62(92)39-45-72(68)87)33-41-74(66)88(73)82-83-89-75-42-34-58(84(52-20-10-7-11-21-52)53-22-12-8-13-23-53)48-77(75)93-78-49-59(35-43-76(78)89)85(54-24-14-9-15-25-54)55-30-36-60(90)37-31-55/h7-51,82-83,90-92H,1-6H3. The van der Waals surface area contributed by atoms with E-state index in [2.05, 4.69) is 264 Å². The third-order valence-corrected chi connectivity index (χ3v) is 19.3. The molecule has 0 aromatic heterocycles. The van der Waals surface area contributed by atoms with Gasteiger partial charge in [0, 0.05) is 73.9 Å². The van der Waals surface area contributed by atoms with Gasteiger partial charge in [-0.2, -0.15) is 0 Å². The van der Waals surface area contributed by atoms with Gasteiger partial charge in [-0.25, -0.2) is 0 Å². The number of hydrogen-bond donors (Lipinski definition) is 5. The zero-order valence-corrected chi connectivity index (χ0v) is 52.4. The molecule has 0 spiro atoms. The summed E-state index contributed by atoms with van der Waals surface area (Å²) in [5.74, 6) is 1.75. The predicted octanol–water partition coefficient (Wildman–Crippen LogP) is 20.6. The van der Waals surface area contributed by atoms with Crippen LogP contribution in [0.1, 0.15) is 74.9 Å². The molecule has 4 heterocycles. The third-order valence-electron chi connectivity index (χ3n) is 19.3. The molecule has 0 fully saturated rings. The summed E-state index contributed by atoms with van der Waals surface area (Å²) in [6.45, 7) is 13.6. The SMILES string of the molecule is CC1(C)c2cc(N3c4ccccc4C(C)(C)c4ccccc43)ccc2N(NNN2c3ccc(N(c4ccccc4)c4ccccc4)cc3Oc3cc(N(c4ccccc4)c4ccc(O)cc4)ccc32)c2ccc(N3c4ccc(O)cc4C(C)(C)c4cc(O)ccc43)cc21. The molecule has 0 aliphatic carbocycles. The zero-order chi connectivity index (χ0) is 63.5. The Hall–Kier alpha value is -11.4. The lowest BCUT2D eigenvalue weighted by atomic mass is 9.72. The maximum atomic E-state index is 11.1. The number of anilines is 16. The molecule has 0 atom stereocenters. The Bertz CT molecular complexity index is 4760. The van der Waals surface area contributed by atoms with E-state index in [0.29, 0.717) is 11.5 Å². The molecule has 0 saturated heterocycles. The Balaban J connectivity index is 0.866. The summed E-state index contributed by atoms with van der Waals surface area (Å²) in [5.41, 5.74) is 27.8. The molecule has 93 heavy (non-hydrogen) atoms. The van der Waals surface area contributed by atoms with Crippen LogP contribution in [0.5, 0.6) is 28.7 Å². The van der Waals surface area contributed by atoms with Gasteiger partial charge >= 0.3 is 0 Å². The van der Waals surface area contributed by atoms with Gasteiger partial charge in [-0.05, 0) is 203 Å². The molecule has 12 aromatic carbocycles. The summed E-state index contributed by atoms with van der Waals surface area (Å²) in [6.07, 6.45) is 0. The van der Waals surface area contributed by atoms with Crippen LogP contribution < -0.4 is 45.4 Å². The molecular weight excluding hydrogens is 1150 g/mol. The van der Waals surface area contributed by atoms with Gasteiger partial charge in [-0.1, -0.05) is 133 Å². The topological polar surface area (TPSA) is 113 Å². The van der Waals surface area contributed by atoms with Crippen LogP contribution in [0.4, 0.5) is 91.0 Å². The summed E-state index contributed by atoms with van der Waals surface area (Å²) in [6, 6.07) is 93.0. The van der Waals surface area contributed by atoms with Crippen LogP contribution in [0.3, 0.4) is 0 Å². The van der Waals surface area contributed by atoms with Crippen molar-refractivity contribution in [1.82, 2.24) is 11.1 Å². The summed E-state index contributed by atoms with van der Waals surface area (Å²) < 4.78 is 7.21. The van der Waals surface area contributed by atoms with E-state index in [1.165, 1.54) is 11.1 Å². The van der Waals surface area contributed by atoms with E-state index < -0.39 is 10.8 Å². The number of phenolic OH excluding ortho intramolecular Hbond substituents is 3. The van der Waals surface area contributed by atoms with E-state index in [4.69, 9.17) is 4.74 Å². The Morgan fingerprint density at radius 1 is 0.280 bits per heavy atom. The monoisotopic (exact) mass is 1220 g/mol. The van der Waals surface area contributed by atoms with E-state index in [-0.39, 0.29) is 22.7 Å². The molecule has 12 aromatic rings. The van der Waals surface area contributed by atoms with E-state index >= 15 is 0 Å². The molecule has 0 unspecified atom stereocenters. The molecule has 12 heteroatoms. The minimum Gasteiger partial charge on any atom is -0.508 e. The largest absolute Gasteiger partial charge is 0.508 e. The highest BCUT2D eigenvalue weighted by Crippen LogP contribution is 2.59. The van der Waals surface area contributed by atoms with Crippen molar-refractivity contribution < 1.29 is 20.1 Å². The lowest BCUT2D eigenvalue weighted by molar-refractivity contribution is 0.452. The van der Waals surface area contributed by atoms with E-state index in [1.807, 2.05) is 66.7 Å². The van der Waals surface area contributed by atoms with Crippen molar-refractivity contribution in [3.05, 3.63) is 306 Å². The third kappa shape index (κ3) is 9.27. The van der Waals surface area contributed by atoms with E-state index in [1.54, 1.807) is 24.3 Å². The van der Waals surface area contributed by atoms with Gasteiger partial charge < -0.3 is 39.7 Å². The van der Waals surface area contributed by atoms with Crippen molar-refractivity contribution in [3.8, 4) is 28.7 Å². The molecule has 0 saturated carbocycles. The number of hydrazine groups is 3. The lowest BCUT2D eigenvalue weighted by Gasteiger charge is -2.46. The van der Waals surface area contributed by atoms with Crippen molar-refractivity contribution in [2.75, 3.05) is 29.6 Å². The van der Waals surface area contributed by atoms with Gasteiger partial charge in [0.15, 0.2) is 11.5 Å². The minimum atomic E-state index is -0.607. The second-order valence-electron chi connectivity index (χ2n) is 25.9. The summed E-state index contributed by atoms with van der Waals surface area (Å²) in [4.78, 5) is 9.07. The van der Waals surface area contributed by atoms with Crippen LogP contribution in [0.15, 0.2) is 273 Å². The Labute approximate surface area is 541 Å². The maximum absolute atomic E-state index is 11.1. The number of rotatable bonds is 11. The van der Waals surface area contributed by atoms with Crippen LogP contribution in [0.25, 0.3) is 0 Å². The molecule has 0 radical (unpaired) electrons. The highest BCUT2D eigenvalue weighted by molar-refractivity contribution is 5.93.